The van der Waals surface area contributed by atoms with Crippen molar-refractivity contribution < 1.29 is 19.4 Å². The number of rotatable bonds is 6. The van der Waals surface area contributed by atoms with Gasteiger partial charge in [0, 0.05) is 37.1 Å². The van der Waals surface area contributed by atoms with Gasteiger partial charge in [-0.15, -0.1) is 0 Å². The van der Waals surface area contributed by atoms with E-state index < -0.39 is 17.7 Å². The molecule has 1 unspecified atom stereocenters. The van der Waals surface area contributed by atoms with Crippen molar-refractivity contribution in [2.75, 3.05) is 48.0 Å². The number of benzene rings is 3. The summed E-state index contributed by atoms with van der Waals surface area (Å²) in [7, 11) is 1.96. The Morgan fingerprint density at radius 3 is 2.38 bits per heavy atom. The Morgan fingerprint density at radius 2 is 1.69 bits per heavy atom. The van der Waals surface area contributed by atoms with E-state index in [-0.39, 0.29) is 11.3 Å². The molecule has 1 amide bonds. The fourth-order valence-electron chi connectivity index (χ4n) is 5.49. The highest BCUT2D eigenvalue weighted by Crippen LogP contribution is 2.44. The van der Waals surface area contributed by atoms with Gasteiger partial charge in [0.15, 0.2) is 0 Å². The van der Waals surface area contributed by atoms with Crippen LogP contribution in [-0.4, -0.2) is 50.1 Å². The second-order valence-electron chi connectivity index (χ2n) is 10.2. The number of carbonyl (C=O) groups is 2. The molecule has 39 heavy (non-hydrogen) atoms. The lowest BCUT2D eigenvalue weighted by Crippen LogP contribution is -2.30. The first kappa shape index (κ1) is 26.4. The lowest BCUT2D eigenvalue weighted by atomic mass is 9.94. The van der Waals surface area contributed by atoms with Crippen LogP contribution in [-0.2, 0) is 9.59 Å². The second kappa shape index (κ2) is 10.5. The van der Waals surface area contributed by atoms with Crippen LogP contribution < -0.4 is 19.4 Å². The van der Waals surface area contributed by atoms with Crippen molar-refractivity contribution in [3.63, 3.8) is 0 Å². The Hall–Kier alpha value is -4.26. The predicted molar refractivity (Wildman–Crippen MR) is 156 cm³/mol. The van der Waals surface area contributed by atoms with E-state index in [0.29, 0.717) is 24.4 Å². The molecular formula is C32H35N3O4. The van der Waals surface area contributed by atoms with E-state index in [0.717, 1.165) is 46.9 Å². The summed E-state index contributed by atoms with van der Waals surface area (Å²) in [5, 5.41) is 11.6. The molecule has 1 N–H and O–H groups in total. The van der Waals surface area contributed by atoms with Gasteiger partial charge in [0.2, 0.25) is 0 Å². The van der Waals surface area contributed by atoms with Crippen molar-refractivity contribution in [3.8, 4) is 5.75 Å². The molecule has 7 heteroatoms. The monoisotopic (exact) mass is 525 g/mol. The maximum absolute atomic E-state index is 13.7. The number of nitrogens with zero attached hydrogens (tertiary/aromatic N) is 3. The van der Waals surface area contributed by atoms with E-state index in [9.17, 15) is 14.7 Å². The summed E-state index contributed by atoms with van der Waals surface area (Å²) in [5.41, 5.74) is 5.70. The topological polar surface area (TPSA) is 73.3 Å². The minimum Gasteiger partial charge on any atom is -0.507 e. The molecule has 2 aliphatic heterocycles. The summed E-state index contributed by atoms with van der Waals surface area (Å²) in [6.07, 6.45) is 0. The van der Waals surface area contributed by atoms with Gasteiger partial charge >= 0.3 is 0 Å². The van der Waals surface area contributed by atoms with Gasteiger partial charge in [0.05, 0.1) is 23.8 Å². The molecule has 202 valence electrons. The SMILES string of the molecule is CCN(CC)c1ccc(C2/C(=C(/O)c3ccc4c(c3)N(C)CCO4)C(=O)C(=O)N2c2cc(C)ccc2C)cc1. The number of hydrogen-bond donors (Lipinski definition) is 1. The number of aryl methyl sites for hydroxylation is 2. The zero-order valence-corrected chi connectivity index (χ0v) is 23.2. The maximum Gasteiger partial charge on any atom is 0.300 e. The average molecular weight is 526 g/mol. The summed E-state index contributed by atoms with van der Waals surface area (Å²) in [4.78, 5) is 33.1. The van der Waals surface area contributed by atoms with Crippen LogP contribution in [0.15, 0.2) is 66.2 Å². The highest BCUT2D eigenvalue weighted by Gasteiger charge is 2.47. The third-order valence-corrected chi connectivity index (χ3v) is 7.73. The van der Waals surface area contributed by atoms with Gasteiger partial charge in [-0.1, -0.05) is 24.3 Å². The molecule has 2 aliphatic rings. The molecule has 3 aromatic rings. The third kappa shape index (κ3) is 4.62. The summed E-state index contributed by atoms with van der Waals surface area (Å²) in [5.74, 6) is -0.824. The highest BCUT2D eigenvalue weighted by molar-refractivity contribution is 6.51. The number of carbonyl (C=O) groups excluding carboxylic acids is 2. The molecule has 0 aromatic heterocycles. The van der Waals surface area contributed by atoms with E-state index in [4.69, 9.17) is 4.74 Å². The number of aliphatic hydroxyl groups is 1. The summed E-state index contributed by atoms with van der Waals surface area (Å²) >= 11 is 0. The number of fused-ring (bicyclic) bond motifs is 1. The molecule has 5 rings (SSSR count). The van der Waals surface area contributed by atoms with E-state index >= 15 is 0 Å². The largest absolute Gasteiger partial charge is 0.507 e. The molecule has 0 spiro atoms. The Morgan fingerprint density at radius 1 is 0.974 bits per heavy atom. The van der Waals surface area contributed by atoms with Crippen molar-refractivity contribution in [3.05, 3.63) is 88.5 Å². The number of aliphatic hydroxyl groups excluding tert-OH is 1. The van der Waals surface area contributed by atoms with Gasteiger partial charge in [-0.25, -0.2) is 0 Å². The third-order valence-electron chi connectivity index (χ3n) is 7.73. The van der Waals surface area contributed by atoms with Gasteiger partial charge in [0.1, 0.15) is 18.1 Å². The number of amides is 1. The zero-order chi connectivity index (χ0) is 27.8. The predicted octanol–water partition coefficient (Wildman–Crippen LogP) is 5.60. The normalized spacial score (nSPS) is 18.2. The molecular weight excluding hydrogens is 490 g/mol. The number of ether oxygens (including phenoxy) is 1. The Labute approximate surface area is 229 Å². The number of Topliss-reactive ketones (excluding diaryl/α,β-unsaturated/α-hetero) is 1. The lowest BCUT2D eigenvalue weighted by Gasteiger charge is -2.29. The summed E-state index contributed by atoms with van der Waals surface area (Å²) < 4.78 is 5.76. The molecule has 3 aromatic carbocycles. The Kier molecular flexibility index (Phi) is 7.08. The first-order valence-electron chi connectivity index (χ1n) is 13.5. The Balaban J connectivity index is 1.69. The van der Waals surface area contributed by atoms with E-state index in [1.807, 2.05) is 74.3 Å². The molecule has 7 nitrogen and oxygen atoms in total. The van der Waals surface area contributed by atoms with E-state index in [2.05, 4.69) is 18.7 Å². The van der Waals surface area contributed by atoms with E-state index in [1.54, 1.807) is 12.1 Å². The van der Waals surface area contributed by atoms with Crippen LogP contribution in [0.2, 0.25) is 0 Å². The van der Waals surface area contributed by atoms with Gasteiger partial charge < -0.3 is 19.6 Å². The van der Waals surface area contributed by atoms with Gasteiger partial charge in [-0.2, -0.15) is 0 Å². The fraction of sp³-hybridized carbons (Fsp3) is 0.312. The van der Waals surface area contributed by atoms with E-state index in [1.165, 1.54) is 4.90 Å². The molecule has 1 fully saturated rings. The number of ketones is 1. The quantitative estimate of drug-likeness (QED) is 0.256. The second-order valence-corrected chi connectivity index (χ2v) is 10.2. The number of anilines is 3. The maximum atomic E-state index is 13.7. The molecule has 0 radical (unpaired) electrons. The minimum absolute atomic E-state index is 0.0795. The van der Waals surface area contributed by atoms with Crippen LogP contribution in [0, 0.1) is 13.8 Å². The van der Waals surface area contributed by atoms with Crippen LogP contribution in [0.1, 0.15) is 42.1 Å². The molecule has 0 saturated carbocycles. The van der Waals surface area contributed by atoms with Crippen molar-refractivity contribution in [2.24, 2.45) is 0 Å². The van der Waals surface area contributed by atoms with Crippen LogP contribution in [0.4, 0.5) is 17.1 Å². The van der Waals surface area contributed by atoms with Crippen LogP contribution in [0.3, 0.4) is 0 Å². The number of likely N-dealkylation sites (N-methyl/N-ethyl adjacent to an activating group) is 1. The molecule has 1 saturated heterocycles. The highest BCUT2D eigenvalue weighted by atomic mass is 16.5. The molecule has 2 heterocycles. The zero-order valence-electron chi connectivity index (χ0n) is 23.2. The molecule has 1 atom stereocenters. The van der Waals surface area contributed by atoms with Crippen LogP contribution in [0.5, 0.6) is 5.75 Å². The van der Waals surface area contributed by atoms with Crippen molar-refractivity contribution in [1.82, 2.24) is 0 Å². The standard InChI is InChI=1S/C32H35N3O4/c1-6-34(7-2)24-13-10-22(11-14-24)29-28(30(36)23-12-15-27-26(19-23)33(5)16-17-39-27)31(37)32(38)35(29)25-18-20(3)8-9-21(25)4/h8-15,18-19,29,36H,6-7,16-17H2,1-5H3/b30-28-. The van der Waals surface area contributed by atoms with Gasteiger partial charge in [0.25, 0.3) is 11.7 Å². The van der Waals surface area contributed by atoms with Crippen molar-refractivity contribution >= 4 is 34.5 Å². The minimum atomic E-state index is -0.777. The summed E-state index contributed by atoms with van der Waals surface area (Å²) in [6, 6.07) is 18.3. The van der Waals surface area contributed by atoms with Gasteiger partial charge in [-0.05, 0) is 80.8 Å². The summed E-state index contributed by atoms with van der Waals surface area (Å²) in [6.45, 7) is 11.1. The lowest BCUT2D eigenvalue weighted by molar-refractivity contribution is -0.132. The van der Waals surface area contributed by atoms with Gasteiger partial charge in [-0.3, -0.25) is 14.5 Å². The Bertz CT molecular complexity index is 1460. The van der Waals surface area contributed by atoms with Crippen molar-refractivity contribution in [1.29, 1.82) is 0 Å². The number of hydrogen-bond acceptors (Lipinski definition) is 6. The average Bonchev–Trinajstić information content (AvgIpc) is 3.20. The first-order valence-corrected chi connectivity index (χ1v) is 13.5. The first-order chi connectivity index (χ1) is 18.7. The van der Waals surface area contributed by atoms with Crippen LogP contribution in [0.25, 0.3) is 5.76 Å². The fourth-order valence-corrected chi connectivity index (χ4v) is 5.49. The molecule has 0 bridgehead atoms. The molecule has 0 aliphatic carbocycles. The smallest absolute Gasteiger partial charge is 0.300 e. The van der Waals surface area contributed by atoms with Crippen LogP contribution >= 0.6 is 0 Å². The van der Waals surface area contributed by atoms with Crippen molar-refractivity contribution in [2.45, 2.75) is 33.7 Å².